The lowest BCUT2D eigenvalue weighted by molar-refractivity contribution is 0.795. The lowest BCUT2D eigenvalue weighted by Gasteiger charge is -2.08. The Balaban J connectivity index is 1.89. The summed E-state index contributed by atoms with van der Waals surface area (Å²) >= 11 is 5.97. The Kier molecular flexibility index (Phi) is 5.29. The fourth-order valence-electron chi connectivity index (χ4n) is 2.02. The molecule has 100 valence electrons. The average molecular weight is 274 g/mol. The second-order valence-corrected chi connectivity index (χ2v) is 5.22. The fourth-order valence-corrected chi connectivity index (χ4v) is 2.23. The van der Waals surface area contributed by atoms with Crippen LogP contribution in [0, 0.1) is 0 Å². The van der Waals surface area contributed by atoms with Crippen molar-refractivity contribution in [3.63, 3.8) is 0 Å². The molecular weight excluding hydrogens is 254 g/mol. The molecule has 0 radical (unpaired) electrons. The number of benzene rings is 2. The van der Waals surface area contributed by atoms with Crippen LogP contribution in [-0.2, 0) is 13.0 Å². The minimum atomic E-state index is 0.786. The molecule has 1 N–H and O–H groups in total. The molecule has 0 amide bonds. The van der Waals surface area contributed by atoms with Gasteiger partial charge in [0, 0.05) is 17.3 Å². The number of nitrogens with one attached hydrogen (secondary N) is 1. The van der Waals surface area contributed by atoms with Gasteiger partial charge in [0.1, 0.15) is 0 Å². The highest BCUT2D eigenvalue weighted by Crippen LogP contribution is 2.15. The number of halogens is 1. The molecule has 0 aliphatic carbocycles. The van der Waals surface area contributed by atoms with E-state index in [0.717, 1.165) is 17.3 Å². The first kappa shape index (κ1) is 14.0. The summed E-state index contributed by atoms with van der Waals surface area (Å²) in [5, 5.41) is 4.20. The van der Waals surface area contributed by atoms with Gasteiger partial charge in [0.05, 0.1) is 0 Å². The van der Waals surface area contributed by atoms with Crippen LogP contribution in [0.3, 0.4) is 0 Å². The highest BCUT2D eigenvalue weighted by atomic mass is 35.5. The third-order valence-corrected chi connectivity index (χ3v) is 3.39. The number of rotatable bonds is 6. The molecule has 0 aliphatic rings. The Morgan fingerprint density at radius 3 is 2.47 bits per heavy atom. The average Bonchev–Trinajstić information content (AvgIpc) is 2.44. The van der Waals surface area contributed by atoms with Crippen LogP contribution in [0.25, 0.3) is 0 Å². The van der Waals surface area contributed by atoms with E-state index in [-0.39, 0.29) is 0 Å². The van der Waals surface area contributed by atoms with Crippen LogP contribution in [0.4, 0.5) is 5.69 Å². The van der Waals surface area contributed by atoms with E-state index >= 15 is 0 Å². The van der Waals surface area contributed by atoms with Gasteiger partial charge < -0.3 is 5.32 Å². The van der Waals surface area contributed by atoms with E-state index in [1.807, 2.05) is 18.2 Å². The molecule has 0 unspecified atom stereocenters. The predicted octanol–water partition coefficient (Wildman–Crippen LogP) is 5.29. The van der Waals surface area contributed by atoms with Crippen molar-refractivity contribution in [1.29, 1.82) is 0 Å². The fraction of sp³-hybridized carbons (Fsp3) is 0.294. The molecule has 0 aromatic heterocycles. The van der Waals surface area contributed by atoms with Gasteiger partial charge in [-0.05, 0) is 48.2 Å². The number of aryl methyl sites for hydroxylation is 1. The quantitative estimate of drug-likeness (QED) is 0.753. The van der Waals surface area contributed by atoms with Crippen LogP contribution in [0.15, 0.2) is 48.5 Å². The van der Waals surface area contributed by atoms with Gasteiger partial charge in [0.25, 0.3) is 0 Å². The van der Waals surface area contributed by atoms with Crippen LogP contribution in [-0.4, -0.2) is 0 Å². The summed E-state index contributed by atoms with van der Waals surface area (Å²) in [7, 11) is 0. The monoisotopic (exact) mass is 273 g/mol. The minimum absolute atomic E-state index is 0.786. The van der Waals surface area contributed by atoms with E-state index < -0.39 is 0 Å². The zero-order valence-corrected chi connectivity index (χ0v) is 12.1. The molecule has 0 heterocycles. The Morgan fingerprint density at radius 2 is 1.79 bits per heavy atom. The molecule has 0 bridgehead atoms. The Labute approximate surface area is 120 Å². The van der Waals surface area contributed by atoms with Gasteiger partial charge in [0.15, 0.2) is 0 Å². The predicted molar refractivity (Wildman–Crippen MR) is 83.8 cm³/mol. The molecule has 0 aliphatic heterocycles. The summed E-state index contributed by atoms with van der Waals surface area (Å²) in [6, 6.07) is 16.6. The van der Waals surface area contributed by atoms with E-state index in [4.69, 9.17) is 11.6 Å². The molecule has 2 rings (SSSR count). The van der Waals surface area contributed by atoms with Gasteiger partial charge in [-0.2, -0.15) is 0 Å². The SMILES string of the molecule is CCCCc1ccc(NCc2cccc(Cl)c2)cc1. The number of unbranched alkanes of at least 4 members (excludes halogenated alkanes) is 1. The van der Waals surface area contributed by atoms with Crippen molar-refractivity contribution in [2.45, 2.75) is 32.7 Å². The van der Waals surface area contributed by atoms with E-state index in [9.17, 15) is 0 Å². The summed E-state index contributed by atoms with van der Waals surface area (Å²) in [5.74, 6) is 0. The molecule has 2 aromatic rings. The zero-order chi connectivity index (χ0) is 13.5. The maximum atomic E-state index is 5.97. The maximum absolute atomic E-state index is 5.97. The van der Waals surface area contributed by atoms with Crippen LogP contribution in [0.2, 0.25) is 5.02 Å². The van der Waals surface area contributed by atoms with Crippen molar-refractivity contribution in [2.24, 2.45) is 0 Å². The standard InChI is InChI=1S/C17H20ClN/c1-2-3-5-14-8-10-17(11-9-14)19-13-15-6-4-7-16(18)12-15/h4,6-12,19H,2-3,5,13H2,1H3. The summed E-state index contributed by atoms with van der Waals surface area (Å²) in [4.78, 5) is 0. The molecule has 2 heteroatoms. The van der Waals surface area contributed by atoms with Crippen molar-refractivity contribution < 1.29 is 0 Å². The smallest absolute Gasteiger partial charge is 0.0409 e. The van der Waals surface area contributed by atoms with E-state index in [2.05, 4.69) is 42.6 Å². The molecule has 0 spiro atoms. The summed E-state index contributed by atoms with van der Waals surface area (Å²) in [6.07, 6.45) is 3.68. The largest absolute Gasteiger partial charge is 0.381 e. The topological polar surface area (TPSA) is 12.0 Å². The molecule has 19 heavy (non-hydrogen) atoms. The minimum Gasteiger partial charge on any atom is -0.381 e. The van der Waals surface area contributed by atoms with Crippen LogP contribution in [0.1, 0.15) is 30.9 Å². The summed E-state index contributed by atoms with van der Waals surface area (Å²) < 4.78 is 0. The Morgan fingerprint density at radius 1 is 1.00 bits per heavy atom. The van der Waals surface area contributed by atoms with Gasteiger partial charge in [-0.25, -0.2) is 0 Å². The summed E-state index contributed by atoms with van der Waals surface area (Å²) in [5.41, 5.74) is 3.76. The van der Waals surface area contributed by atoms with Crippen molar-refractivity contribution in [3.8, 4) is 0 Å². The van der Waals surface area contributed by atoms with Crippen LogP contribution in [0.5, 0.6) is 0 Å². The molecule has 0 fully saturated rings. The van der Waals surface area contributed by atoms with Gasteiger partial charge in [-0.1, -0.05) is 49.2 Å². The lowest BCUT2D eigenvalue weighted by atomic mass is 10.1. The number of hydrogen-bond donors (Lipinski definition) is 1. The third-order valence-electron chi connectivity index (χ3n) is 3.16. The van der Waals surface area contributed by atoms with Gasteiger partial charge in [-0.15, -0.1) is 0 Å². The maximum Gasteiger partial charge on any atom is 0.0409 e. The van der Waals surface area contributed by atoms with Crippen molar-refractivity contribution in [3.05, 3.63) is 64.7 Å². The van der Waals surface area contributed by atoms with Crippen molar-refractivity contribution in [1.82, 2.24) is 0 Å². The summed E-state index contributed by atoms with van der Waals surface area (Å²) in [6.45, 7) is 3.02. The molecular formula is C17H20ClN. The van der Waals surface area contributed by atoms with E-state index in [0.29, 0.717) is 0 Å². The number of anilines is 1. The third kappa shape index (κ3) is 4.60. The Hall–Kier alpha value is -1.47. The van der Waals surface area contributed by atoms with Gasteiger partial charge >= 0.3 is 0 Å². The van der Waals surface area contributed by atoms with Crippen LogP contribution >= 0.6 is 11.6 Å². The first-order valence-electron chi connectivity index (χ1n) is 6.85. The Bertz CT molecular complexity index is 505. The van der Waals surface area contributed by atoms with E-state index in [1.54, 1.807) is 0 Å². The lowest BCUT2D eigenvalue weighted by Crippen LogP contribution is -1.99. The van der Waals surface area contributed by atoms with E-state index in [1.165, 1.54) is 30.4 Å². The molecule has 2 aromatic carbocycles. The second kappa shape index (κ2) is 7.20. The molecule has 0 saturated heterocycles. The van der Waals surface area contributed by atoms with Crippen molar-refractivity contribution in [2.75, 3.05) is 5.32 Å². The first-order valence-corrected chi connectivity index (χ1v) is 7.23. The zero-order valence-electron chi connectivity index (χ0n) is 11.3. The second-order valence-electron chi connectivity index (χ2n) is 4.78. The van der Waals surface area contributed by atoms with Gasteiger partial charge in [-0.3, -0.25) is 0 Å². The molecule has 0 saturated carbocycles. The highest BCUT2D eigenvalue weighted by molar-refractivity contribution is 6.30. The molecule has 1 nitrogen and oxygen atoms in total. The highest BCUT2D eigenvalue weighted by Gasteiger charge is 1.96. The van der Waals surface area contributed by atoms with Crippen LogP contribution < -0.4 is 5.32 Å². The molecule has 0 atom stereocenters. The number of hydrogen-bond acceptors (Lipinski definition) is 1. The van der Waals surface area contributed by atoms with Gasteiger partial charge in [0.2, 0.25) is 0 Å². The first-order chi connectivity index (χ1) is 9.28. The van der Waals surface area contributed by atoms with Crippen molar-refractivity contribution >= 4 is 17.3 Å². The normalized spacial score (nSPS) is 10.4.